The molecular formula is C9H9IN4. The van der Waals surface area contributed by atoms with Crippen molar-refractivity contribution in [1.82, 2.24) is 14.8 Å². The van der Waals surface area contributed by atoms with E-state index < -0.39 is 0 Å². The highest BCUT2D eigenvalue weighted by atomic mass is 127. The Hall–Kier alpha value is -0.950. The minimum atomic E-state index is 0.451. The first kappa shape index (κ1) is 9.60. The van der Waals surface area contributed by atoms with E-state index in [0.29, 0.717) is 6.54 Å². The number of halogens is 1. The Morgan fingerprint density at radius 2 is 2.36 bits per heavy atom. The van der Waals surface area contributed by atoms with Crippen LogP contribution in [0.15, 0.2) is 30.7 Å². The highest BCUT2D eigenvalue weighted by Crippen LogP contribution is 2.09. The summed E-state index contributed by atoms with van der Waals surface area (Å²) in [6.07, 6.45) is 5.51. The molecule has 0 aromatic carbocycles. The van der Waals surface area contributed by atoms with Crippen molar-refractivity contribution >= 4 is 22.6 Å². The van der Waals surface area contributed by atoms with Gasteiger partial charge in [0.05, 0.1) is 21.1 Å². The fraction of sp³-hybridized carbons (Fsp3) is 0.111. The molecule has 2 aromatic rings. The number of rotatable bonds is 2. The van der Waals surface area contributed by atoms with Crippen LogP contribution in [0.25, 0.3) is 5.69 Å². The molecule has 0 fully saturated rings. The predicted molar refractivity (Wildman–Crippen MR) is 62.0 cm³/mol. The maximum absolute atomic E-state index is 5.51. The molecule has 2 rings (SSSR count). The Morgan fingerprint density at radius 1 is 1.50 bits per heavy atom. The first-order chi connectivity index (χ1) is 6.79. The zero-order chi connectivity index (χ0) is 9.97. The Balaban J connectivity index is 2.41. The summed E-state index contributed by atoms with van der Waals surface area (Å²) < 4.78 is 2.91. The summed E-state index contributed by atoms with van der Waals surface area (Å²) in [4.78, 5) is 4.12. The summed E-state index contributed by atoms with van der Waals surface area (Å²) in [6, 6.07) is 3.84. The molecule has 0 unspecified atom stereocenters. The van der Waals surface area contributed by atoms with Gasteiger partial charge in [0.2, 0.25) is 0 Å². The third-order valence-corrected chi connectivity index (χ3v) is 2.38. The molecule has 0 bridgehead atoms. The summed E-state index contributed by atoms with van der Waals surface area (Å²) in [5, 5.41) is 4.20. The average molecular weight is 300 g/mol. The van der Waals surface area contributed by atoms with E-state index >= 15 is 0 Å². The number of pyridine rings is 1. The number of aromatic nitrogens is 3. The van der Waals surface area contributed by atoms with Crippen molar-refractivity contribution in [3.05, 3.63) is 40.0 Å². The van der Waals surface area contributed by atoms with Gasteiger partial charge >= 0.3 is 0 Å². The molecule has 0 saturated heterocycles. The molecule has 0 amide bonds. The summed E-state index contributed by atoms with van der Waals surface area (Å²) in [7, 11) is 0. The Bertz CT molecular complexity index is 438. The van der Waals surface area contributed by atoms with Crippen LogP contribution in [-0.4, -0.2) is 14.8 Å². The van der Waals surface area contributed by atoms with Gasteiger partial charge in [0, 0.05) is 18.9 Å². The van der Waals surface area contributed by atoms with E-state index in [1.54, 1.807) is 6.20 Å². The van der Waals surface area contributed by atoms with E-state index in [4.69, 9.17) is 5.73 Å². The molecule has 0 aliphatic rings. The lowest BCUT2D eigenvalue weighted by atomic mass is 10.3. The summed E-state index contributed by atoms with van der Waals surface area (Å²) in [5.41, 5.74) is 7.37. The lowest BCUT2D eigenvalue weighted by molar-refractivity contribution is 0.867. The molecule has 14 heavy (non-hydrogen) atoms. The average Bonchev–Trinajstić information content (AvgIpc) is 2.65. The molecule has 0 aliphatic heterocycles. The topological polar surface area (TPSA) is 56.7 Å². The lowest BCUT2D eigenvalue weighted by Crippen LogP contribution is -2.02. The van der Waals surface area contributed by atoms with Crippen molar-refractivity contribution < 1.29 is 0 Å². The third kappa shape index (κ3) is 1.93. The third-order valence-electron chi connectivity index (χ3n) is 1.82. The fourth-order valence-corrected chi connectivity index (χ4v) is 1.55. The summed E-state index contributed by atoms with van der Waals surface area (Å²) in [5.74, 6) is 0. The van der Waals surface area contributed by atoms with Gasteiger partial charge in [-0.3, -0.25) is 4.98 Å². The van der Waals surface area contributed by atoms with Crippen molar-refractivity contribution in [3.63, 3.8) is 0 Å². The van der Waals surface area contributed by atoms with Crippen LogP contribution >= 0.6 is 22.6 Å². The number of nitrogens with zero attached hydrogens (tertiary/aromatic N) is 3. The van der Waals surface area contributed by atoms with E-state index in [2.05, 4.69) is 32.7 Å². The SMILES string of the molecule is NCc1cc(-n2cc(I)cn2)ccn1. The van der Waals surface area contributed by atoms with Gasteiger partial charge in [0.15, 0.2) is 0 Å². The zero-order valence-electron chi connectivity index (χ0n) is 7.39. The fourth-order valence-electron chi connectivity index (χ4n) is 1.16. The van der Waals surface area contributed by atoms with E-state index in [0.717, 1.165) is 15.0 Å². The van der Waals surface area contributed by atoms with E-state index in [1.807, 2.05) is 29.2 Å². The van der Waals surface area contributed by atoms with Gasteiger partial charge in [-0.1, -0.05) is 0 Å². The minimum Gasteiger partial charge on any atom is -0.325 e. The molecule has 5 heteroatoms. The van der Waals surface area contributed by atoms with Crippen LogP contribution in [0.3, 0.4) is 0 Å². The lowest BCUT2D eigenvalue weighted by Gasteiger charge is -2.02. The molecule has 0 spiro atoms. The number of hydrogen-bond acceptors (Lipinski definition) is 3. The molecular weight excluding hydrogens is 291 g/mol. The van der Waals surface area contributed by atoms with Crippen LogP contribution in [-0.2, 0) is 6.54 Å². The predicted octanol–water partition coefficient (Wildman–Crippen LogP) is 1.33. The van der Waals surface area contributed by atoms with Crippen molar-refractivity contribution in [1.29, 1.82) is 0 Å². The van der Waals surface area contributed by atoms with Crippen LogP contribution in [0.1, 0.15) is 5.69 Å². The summed E-state index contributed by atoms with van der Waals surface area (Å²) in [6.45, 7) is 0.451. The van der Waals surface area contributed by atoms with Crippen LogP contribution in [0.2, 0.25) is 0 Å². The number of hydrogen-bond donors (Lipinski definition) is 1. The maximum atomic E-state index is 5.51. The smallest absolute Gasteiger partial charge is 0.0679 e. The molecule has 0 radical (unpaired) electrons. The summed E-state index contributed by atoms with van der Waals surface area (Å²) >= 11 is 2.22. The standard InChI is InChI=1S/C9H9IN4/c10-7-5-13-14(6-7)9-1-2-12-8(3-9)4-11/h1-3,5-6H,4,11H2. The molecule has 0 atom stereocenters. The Labute approximate surface area is 95.3 Å². The largest absolute Gasteiger partial charge is 0.325 e. The van der Waals surface area contributed by atoms with Crippen LogP contribution in [0.4, 0.5) is 0 Å². The molecule has 2 aromatic heterocycles. The van der Waals surface area contributed by atoms with Gasteiger partial charge in [-0.15, -0.1) is 0 Å². The van der Waals surface area contributed by atoms with Gasteiger partial charge in [0.25, 0.3) is 0 Å². The zero-order valence-corrected chi connectivity index (χ0v) is 9.55. The highest BCUT2D eigenvalue weighted by Gasteiger charge is 1.99. The van der Waals surface area contributed by atoms with Crippen molar-refractivity contribution in [3.8, 4) is 5.69 Å². The van der Waals surface area contributed by atoms with Crippen molar-refractivity contribution in [2.75, 3.05) is 0 Å². The first-order valence-electron chi connectivity index (χ1n) is 4.15. The molecule has 0 aliphatic carbocycles. The second kappa shape index (κ2) is 4.05. The van der Waals surface area contributed by atoms with Crippen LogP contribution in [0, 0.1) is 3.57 Å². The van der Waals surface area contributed by atoms with E-state index in [-0.39, 0.29) is 0 Å². The van der Waals surface area contributed by atoms with E-state index in [1.165, 1.54) is 0 Å². The quantitative estimate of drug-likeness (QED) is 0.851. The Morgan fingerprint density at radius 3 is 3.00 bits per heavy atom. The van der Waals surface area contributed by atoms with E-state index in [9.17, 15) is 0 Å². The molecule has 4 nitrogen and oxygen atoms in total. The van der Waals surface area contributed by atoms with Gasteiger partial charge in [-0.05, 0) is 34.7 Å². The first-order valence-corrected chi connectivity index (χ1v) is 5.23. The van der Waals surface area contributed by atoms with Gasteiger partial charge in [0.1, 0.15) is 0 Å². The van der Waals surface area contributed by atoms with Gasteiger partial charge < -0.3 is 5.73 Å². The van der Waals surface area contributed by atoms with Crippen molar-refractivity contribution in [2.45, 2.75) is 6.54 Å². The molecule has 0 saturated carbocycles. The second-order valence-electron chi connectivity index (χ2n) is 2.81. The maximum Gasteiger partial charge on any atom is 0.0679 e. The second-order valence-corrected chi connectivity index (χ2v) is 4.06. The monoisotopic (exact) mass is 300 g/mol. The normalized spacial score (nSPS) is 10.4. The molecule has 2 N–H and O–H groups in total. The van der Waals surface area contributed by atoms with Crippen molar-refractivity contribution in [2.24, 2.45) is 5.73 Å². The minimum absolute atomic E-state index is 0.451. The van der Waals surface area contributed by atoms with Gasteiger partial charge in [-0.2, -0.15) is 5.10 Å². The number of nitrogens with two attached hydrogens (primary N) is 1. The molecule has 2 heterocycles. The van der Waals surface area contributed by atoms with Crippen LogP contribution in [0.5, 0.6) is 0 Å². The highest BCUT2D eigenvalue weighted by molar-refractivity contribution is 14.1. The molecule has 72 valence electrons. The Kier molecular flexibility index (Phi) is 2.78. The van der Waals surface area contributed by atoms with Gasteiger partial charge in [-0.25, -0.2) is 4.68 Å². The van der Waals surface area contributed by atoms with Crippen LogP contribution < -0.4 is 5.73 Å².